The molecule has 1 fully saturated rings. The van der Waals surface area contributed by atoms with Crippen molar-refractivity contribution >= 4 is 23.5 Å². The van der Waals surface area contributed by atoms with Gasteiger partial charge in [0.2, 0.25) is 5.91 Å². The molecule has 1 atom stereocenters. The first-order chi connectivity index (χ1) is 11.8. The second-order valence-electron chi connectivity index (χ2n) is 5.82. The molecule has 0 unspecified atom stereocenters. The third kappa shape index (κ3) is 4.82. The van der Waals surface area contributed by atoms with E-state index >= 15 is 0 Å². The van der Waals surface area contributed by atoms with Crippen molar-refractivity contribution < 1.29 is 9.53 Å². The van der Waals surface area contributed by atoms with Crippen LogP contribution in [-0.2, 0) is 9.53 Å². The van der Waals surface area contributed by atoms with E-state index in [1.165, 1.54) is 6.42 Å². The molecule has 1 aromatic carbocycles. The Morgan fingerprint density at radius 1 is 1.21 bits per heavy atom. The highest BCUT2D eigenvalue weighted by Crippen LogP contribution is 2.25. The van der Waals surface area contributed by atoms with Gasteiger partial charge in [-0.1, -0.05) is 30.3 Å². The predicted molar refractivity (Wildman–Crippen MR) is 99.2 cm³/mol. The summed E-state index contributed by atoms with van der Waals surface area (Å²) in [6, 6.07) is 13.8. The van der Waals surface area contributed by atoms with Crippen molar-refractivity contribution in [2.24, 2.45) is 0 Å². The minimum absolute atomic E-state index is 0.0216. The highest BCUT2D eigenvalue weighted by Gasteiger charge is 2.15. The van der Waals surface area contributed by atoms with Crippen LogP contribution >= 0.6 is 11.8 Å². The number of thioether (sulfide) groups is 1. The Kier molecular flexibility index (Phi) is 6.26. The zero-order chi connectivity index (χ0) is 16.6. The van der Waals surface area contributed by atoms with Gasteiger partial charge in [-0.05, 0) is 37.0 Å². The van der Waals surface area contributed by atoms with Crippen molar-refractivity contribution in [2.75, 3.05) is 23.4 Å². The number of aromatic nitrogens is 1. The first-order valence-electron chi connectivity index (χ1n) is 8.32. The highest BCUT2D eigenvalue weighted by molar-refractivity contribution is 8.00. The van der Waals surface area contributed by atoms with Crippen LogP contribution in [0.5, 0.6) is 0 Å². The molecule has 24 heavy (non-hydrogen) atoms. The monoisotopic (exact) mass is 342 g/mol. The number of amides is 1. The summed E-state index contributed by atoms with van der Waals surface area (Å²) in [4.78, 5) is 16.6. The Bertz CT molecular complexity index is 657. The molecule has 0 saturated carbocycles. The van der Waals surface area contributed by atoms with Crippen LogP contribution in [0.4, 0.5) is 5.82 Å². The van der Waals surface area contributed by atoms with Gasteiger partial charge in [0, 0.05) is 24.1 Å². The number of pyridine rings is 1. The molecule has 2 heterocycles. The first-order valence-corrected chi connectivity index (χ1v) is 9.48. The van der Waals surface area contributed by atoms with Crippen molar-refractivity contribution in [3.8, 4) is 11.1 Å². The van der Waals surface area contributed by atoms with Crippen molar-refractivity contribution in [1.29, 1.82) is 0 Å². The largest absolute Gasteiger partial charge is 0.377 e. The number of benzene rings is 1. The number of carbonyl (C=O) groups is 1. The van der Waals surface area contributed by atoms with Crippen LogP contribution in [0.1, 0.15) is 19.3 Å². The van der Waals surface area contributed by atoms with E-state index in [0.717, 1.165) is 36.3 Å². The fourth-order valence-corrected chi connectivity index (χ4v) is 3.65. The van der Waals surface area contributed by atoms with E-state index in [-0.39, 0.29) is 5.91 Å². The van der Waals surface area contributed by atoms with Gasteiger partial charge in [0.25, 0.3) is 0 Å². The normalized spacial score (nSPS) is 17.4. The summed E-state index contributed by atoms with van der Waals surface area (Å²) in [5.74, 6) is 1.89. The number of nitrogens with one attached hydrogen (secondary N) is 1. The standard InChI is InChI=1S/C19H22N2O2S/c22-18(14-24-13-16-9-4-5-12-23-16)21-19-17(10-6-11-20-19)15-7-2-1-3-8-15/h1-3,6-8,10-11,16H,4-5,9,12-14H2,(H,20,21,22)/t16-/m0/s1. The molecular formula is C19H22N2O2S. The van der Waals surface area contributed by atoms with Gasteiger partial charge < -0.3 is 10.1 Å². The Morgan fingerprint density at radius 2 is 2.08 bits per heavy atom. The maximum atomic E-state index is 12.2. The van der Waals surface area contributed by atoms with Gasteiger partial charge in [0.05, 0.1) is 11.9 Å². The Morgan fingerprint density at radius 3 is 2.88 bits per heavy atom. The molecule has 0 spiro atoms. The lowest BCUT2D eigenvalue weighted by atomic mass is 10.1. The summed E-state index contributed by atoms with van der Waals surface area (Å²) in [7, 11) is 0. The molecule has 126 valence electrons. The van der Waals surface area contributed by atoms with E-state index in [1.807, 2.05) is 42.5 Å². The van der Waals surface area contributed by atoms with E-state index in [2.05, 4.69) is 10.3 Å². The van der Waals surface area contributed by atoms with Crippen LogP contribution in [-0.4, -0.2) is 35.1 Å². The van der Waals surface area contributed by atoms with Gasteiger partial charge in [0.15, 0.2) is 0 Å². The quantitative estimate of drug-likeness (QED) is 0.862. The van der Waals surface area contributed by atoms with E-state index in [0.29, 0.717) is 17.7 Å². The molecule has 0 bridgehead atoms. The smallest absolute Gasteiger partial charge is 0.235 e. The molecule has 1 aromatic heterocycles. The Hall–Kier alpha value is -1.85. The van der Waals surface area contributed by atoms with Crippen LogP contribution in [0.25, 0.3) is 11.1 Å². The molecule has 1 saturated heterocycles. The fraction of sp³-hybridized carbons (Fsp3) is 0.368. The zero-order valence-electron chi connectivity index (χ0n) is 13.6. The number of ether oxygens (including phenoxy) is 1. The van der Waals surface area contributed by atoms with Crippen LogP contribution in [0.15, 0.2) is 48.7 Å². The number of rotatable bonds is 6. The number of hydrogen-bond donors (Lipinski definition) is 1. The van der Waals surface area contributed by atoms with Crippen molar-refractivity contribution in [1.82, 2.24) is 4.98 Å². The van der Waals surface area contributed by atoms with Crippen molar-refractivity contribution in [3.63, 3.8) is 0 Å². The lowest BCUT2D eigenvalue weighted by Crippen LogP contribution is -2.23. The molecule has 0 radical (unpaired) electrons. The summed E-state index contributed by atoms with van der Waals surface area (Å²) < 4.78 is 5.69. The molecular weight excluding hydrogens is 320 g/mol. The van der Waals surface area contributed by atoms with E-state index < -0.39 is 0 Å². The van der Waals surface area contributed by atoms with Gasteiger partial charge in [-0.25, -0.2) is 4.98 Å². The summed E-state index contributed by atoms with van der Waals surface area (Å²) >= 11 is 1.62. The molecule has 3 rings (SSSR count). The average Bonchev–Trinajstić information content (AvgIpc) is 2.64. The molecule has 2 aromatic rings. The van der Waals surface area contributed by atoms with E-state index in [4.69, 9.17) is 4.74 Å². The van der Waals surface area contributed by atoms with E-state index in [1.54, 1.807) is 18.0 Å². The second-order valence-corrected chi connectivity index (χ2v) is 6.85. The predicted octanol–water partition coefficient (Wildman–Crippen LogP) is 3.99. The van der Waals surface area contributed by atoms with Crippen molar-refractivity contribution in [2.45, 2.75) is 25.4 Å². The fourth-order valence-electron chi connectivity index (χ4n) is 2.75. The van der Waals surface area contributed by atoms with Crippen molar-refractivity contribution in [3.05, 3.63) is 48.7 Å². The SMILES string of the molecule is O=C(CSC[C@@H]1CCCCO1)Nc1ncccc1-c1ccccc1. The van der Waals surface area contributed by atoms with E-state index in [9.17, 15) is 4.79 Å². The maximum Gasteiger partial charge on any atom is 0.235 e. The lowest BCUT2D eigenvalue weighted by Gasteiger charge is -2.21. The Balaban J connectivity index is 1.55. The van der Waals surface area contributed by atoms with Gasteiger partial charge in [0.1, 0.15) is 5.82 Å². The molecule has 1 N–H and O–H groups in total. The molecule has 4 nitrogen and oxygen atoms in total. The molecule has 0 aliphatic carbocycles. The topological polar surface area (TPSA) is 51.2 Å². The Labute approximate surface area is 147 Å². The van der Waals surface area contributed by atoms with Crippen LogP contribution in [0.2, 0.25) is 0 Å². The maximum absolute atomic E-state index is 12.2. The molecule has 5 heteroatoms. The molecule has 1 aliphatic heterocycles. The average molecular weight is 342 g/mol. The van der Waals surface area contributed by atoms with Gasteiger partial charge >= 0.3 is 0 Å². The third-order valence-corrected chi connectivity index (χ3v) is 5.04. The van der Waals surface area contributed by atoms with Crippen LogP contribution in [0, 0.1) is 0 Å². The minimum atomic E-state index is -0.0216. The summed E-state index contributed by atoms with van der Waals surface area (Å²) in [6.07, 6.45) is 5.49. The van der Waals surface area contributed by atoms with Crippen LogP contribution < -0.4 is 5.32 Å². The second kappa shape index (κ2) is 8.85. The molecule has 1 aliphatic rings. The first kappa shape index (κ1) is 17.0. The number of hydrogen-bond acceptors (Lipinski definition) is 4. The summed E-state index contributed by atoms with van der Waals surface area (Å²) in [5, 5.41) is 2.94. The summed E-state index contributed by atoms with van der Waals surface area (Å²) in [5.41, 5.74) is 1.98. The van der Waals surface area contributed by atoms with Gasteiger partial charge in [-0.2, -0.15) is 0 Å². The van der Waals surface area contributed by atoms with Crippen LogP contribution in [0.3, 0.4) is 0 Å². The number of nitrogens with zero attached hydrogens (tertiary/aromatic N) is 1. The minimum Gasteiger partial charge on any atom is -0.377 e. The van der Waals surface area contributed by atoms with Gasteiger partial charge in [-0.3, -0.25) is 4.79 Å². The lowest BCUT2D eigenvalue weighted by molar-refractivity contribution is -0.113. The molecule has 1 amide bonds. The zero-order valence-corrected chi connectivity index (χ0v) is 14.4. The number of anilines is 1. The third-order valence-electron chi connectivity index (χ3n) is 3.96. The number of carbonyl (C=O) groups excluding carboxylic acids is 1. The summed E-state index contributed by atoms with van der Waals surface area (Å²) in [6.45, 7) is 0.853. The van der Waals surface area contributed by atoms with Gasteiger partial charge in [-0.15, -0.1) is 11.8 Å². The highest BCUT2D eigenvalue weighted by atomic mass is 32.2.